The molecule has 4 heteroatoms. The fourth-order valence-corrected chi connectivity index (χ4v) is 1.40. The molecule has 0 saturated heterocycles. The molecule has 1 aromatic carbocycles. The summed E-state index contributed by atoms with van der Waals surface area (Å²) in [5.41, 5.74) is 0.557. The van der Waals surface area contributed by atoms with Gasteiger partial charge in [0.1, 0.15) is 0 Å². The second kappa shape index (κ2) is 3.50. The van der Waals surface area contributed by atoms with Crippen molar-refractivity contribution < 1.29 is 8.78 Å². The van der Waals surface area contributed by atoms with Crippen molar-refractivity contribution in [1.82, 2.24) is 4.98 Å². The fourth-order valence-electron chi connectivity index (χ4n) is 1.23. The van der Waals surface area contributed by atoms with E-state index in [0.717, 1.165) is 0 Å². The van der Waals surface area contributed by atoms with Crippen molar-refractivity contribution >= 4 is 22.5 Å². The molecule has 72 valence electrons. The lowest BCUT2D eigenvalue weighted by Gasteiger charge is -2.01. The first-order valence-electron chi connectivity index (χ1n) is 4.00. The van der Waals surface area contributed by atoms with Crippen LogP contribution in [0.15, 0.2) is 30.5 Å². The number of pyridine rings is 1. The lowest BCUT2D eigenvalue weighted by atomic mass is 10.2. The number of fused-ring (bicyclic) bond motifs is 1. The van der Waals surface area contributed by atoms with Crippen LogP contribution in [-0.2, 0) is 0 Å². The summed E-state index contributed by atoms with van der Waals surface area (Å²) in [6, 6.07) is 6.40. The zero-order valence-electron chi connectivity index (χ0n) is 7.05. The molecule has 0 saturated carbocycles. The molecule has 0 aliphatic carbocycles. The molecule has 0 N–H and O–H groups in total. The van der Waals surface area contributed by atoms with Crippen LogP contribution in [-0.4, -0.2) is 4.98 Å². The van der Waals surface area contributed by atoms with Gasteiger partial charge in [0, 0.05) is 22.2 Å². The predicted octanol–water partition coefficient (Wildman–Crippen LogP) is 3.83. The number of benzene rings is 1. The topological polar surface area (TPSA) is 12.9 Å². The highest BCUT2D eigenvalue weighted by atomic mass is 35.5. The molecule has 14 heavy (non-hydrogen) atoms. The number of rotatable bonds is 1. The molecule has 0 bridgehead atoms. The zero-order valence-corrected chi connectivity index (χ0v) is 7.80. The molecule has 0 unspecified atom stereocenters. The maximum Gasteiger partial charge on any atom is 0.265 e. The van der Waals surface area contributed by atoms with E-state index in [0.29, 0.717) is 15.9 Å². The largest absolute Gasteiger partial charge is 0.265 e. The van der Waals surface area contributed by atoms with Crippen molar-refractivity contribution in [3.8, 4) is 0 Å². The molecule has 0 amide bonds. The minimum atomic E-state index is -2.48. The van der Waals surface area contributed by atoms with Crippen LogP contribution in [0.25, 0.3) is 10.9 Å². The highest BCUT2D eigenvalue weighted by Crippen LogP contribution is 2.23. The number of alkyl halides is 2. The number of halogens is 3. The lowest BCUT2D eigenvalue weighted by molar-refractivity contribution is 0.151. The summed E-state index contributed by atoms with van der Waals surface area (Å²) in [6.45, 7) is 0. The van der Waals surface area contributed by atoms with Crippen LogP contribution in [0.1, 0.15) is 12.0 Å². The van der Waals surface area contributed by atoms with Gasteiger partial charge in [0.05, 0.1) is 5.52 Å². The first kappa shape index (κ1) is 9.34. The van der Waals surface area contributed by atoms with Crippen LogP contribution in [0.4, 0.5) is 8.78 Å². The van der Waals surface area contributed by atoms with Crippen molar-refractivity contribution in [3.63, 3.8) is 0 Å². The summed E-state index contributed by atoms with van der Waals surface area (Å²) < 4.78 is 24.6. The third-order valence-corrected chi connectivity index (χ3v) is 2.15. The summed E-state index contributed by atoms with van der Waals surface area (Å²) in [6.07, 6.45) is -1.31. The molecular formula is C10H6ClF2N. The summed E-state index contributed by atoms with van der Waals surface area (Å²) in [5.74, 6) is 0. The van der Waals surface area contributed by atoms with Crippen LogP contribution in [0, 0.1) is 0 Å². The van der Waals surface area contributed by atoms with E-state index in [9.17, 15) is 8.78 Å². The molecule has 1 heterocycles. The molecule has 1 aromatic heterocycles. The van der Waals surface area contributed by atoms with Gasteiger partial charge in [0.2, 0.25) is 0 Å². The van der Waals surface area contributed by atoms with E-state index >= 15 is 0 Å². The summed E-state index contributed by atoms with van der Waals surface area (Å²) in [7, 11) is 0. The van der Waals surface area contributed by atoms with E-state index in [-0.39, 0.29) is 5.56 Å². The second-order valence-electron chi connectivity index (χ2n) is 2.91. The maximum absolute atomic E-state index is 12.3. The molecule has 0 fully saturated rings. The average Bonchev–Trinajstić information content (AvgIpc) is 2.16. The van der Waals surface area contributed by atoms with Gasteiger partial charge in [0.15, 0.2) is 0 Å². The van der Waals surface area contributed by atoms with Crippen molar-refractivity contribution in [2.75, 3.05) is 0 Å². The average molecular weight is 214 g/mol. The van der Waals surface area contributed by atoms with Gasteiger partial charge in [-0.05, 0) is 18.2 Å². The quantitative estimate of drug-likeness (QED) is 0.702. The van der Waals surface area contributed by atoms with Crippen LogP contribution in [0.2, 0.25) is 5.02 Å². The van der Waals surface area contributed by atoms with Gasteiger partial charge >= 0.3 is 0 Å². The molecule has 2 aromatic rings. The number of nitrogens with zero attached hydrogens (tertiary/aromatic N) is 1. The Labute approximate surface area is 84.3 Å². The van der Waals surface area contributed by atoms with E-state index in [2.05, 4.69) is 4.98 Å². The van der Waals surface area contributed by atoms with E-state index in [1.165, 1.54) is 12.3 Å². The first-order chi connectivity index (χ1) is 6.66. The van der Waals surface area contributed by atoms with Gasteiger partial charge in [-0.3, -0.25) is 4.98 Å². The first-order valence-corrected chi connectivity index (χ1v) is 4.38. The minimum absolute atomic E-state index is 0.0696. The Morgan fingerprint density at radius 3 is 2.71 bits per heavy atom. The lowest BCUT2D eigenvalue weighted by Crippen LogP contribution is -1.87. The smallest absolute Gasteiger partial charge is 0.256 e. The Morgan fingerprint density at radius 2 is 2.00 bits per heavy atom. The molecule has 1 nitrogen and oxygen atoms in total. The van der Waals surface area contributed by atoms with Crippen LogP contribution < -0.4 is 0 Å². The Hall–Kier alpha value is -1.22. The van der Waals surface area contributed by atoms with Gasteiger partial charge in [0.25, 0.3) is 6.43 Å². The Morgan fingerprint density at radius 1 is 1.21 bits per heavy atom. The Kier molecular flexibility index (Phi) is 2.33. The van der Waals surface area contributed by atoms with Crippen LogP contribution in [0.5, 0.6) is 0 Å². The van der Waals surface area contributed by atoms with Gasteiger partial charge < -0.3 is 0 Å². The standard InChI is InChI=1S/C10H6ClF2N/c11-8-2-1-6-3-7(10(12)13)5-14-9(6)4-8/h1-5,10H. The zero-order chi connectivity index (χ0) is 10.1. The predicted molar refractivity (Wildman–Crippen MR) is 51.7 cm³/mol. The molecular weight excluding hydrogens is 208 g/mol. The Balaban J connectivity index is 2.62. The van der Waals surface area contributed by atoms with Gasteiger partial charge in [-0.2, -0.15) is 0 Å². The third-order valence-electron chi connectivity index (χ3n) is 1.92. The normalized spacial score (nSPS) is 11.1. The highest BCUT2D eigenvalue weighted by Gasteiger charge is 2.07. The number of hydrogen-bond acceptors (Lipinski definition) is 1. The van der Waals surface area contributed by atoms with Crippen molar-refractivity contribution in [2.24, 2.45) is 0 Å². The number of hydrogen-bond donors (Lipinski definition) is 0. The third kappa shape index (κ3) is 1.68. The maximum atomic E-state index is 12.3. The van der Waals surface area contributed by atoms with E-state index < -0.39 is 6.43 Å². The van der Waals surface area contributed by atoms with E-state index in [1.807, 2.05) is 0 Å². The fraction of sp³-hybridized carbons (Fsp3) is 0.100. The molecule has 0 aliphatic heterocycles. The molecule has 0 atom stereocenters. The molecule has 2 rings (SSSR count). The van der Waals surface area contributed by atoms with Gasteiger partial charge in [-0.25, -0.2) is 8.78 Å². The SMILES string of the molecule is FC(F)c1cnc2cc(Cl)ccc2c1. The summed E-state index contributed by atoms with van der Waals surface area (Å²) in [5, 5.41) is 1.22. The van der Waals surface area contributed by atoms with E-state index in [4.69, 9.17) is 11.6 Å². The number of aromatic nitrogens is 1. The Bertz CT molecular complexity index is 471. The molecule has 0 radical (unpaired) electrons. The van der Waals surface area contributed by atoms with Crippen LogP contribution >= 0.6 is 11.6 Å². The molecule has 0 spiro atoms. The van der Waals surface area contributed by atoms with Gasteiger partial charge in [-0.15, -0.1) is 0 Å². The summed E-state index contributed by atoms with van der Waals surface area (Å²) in [4.78, 5) is 3.90. The molecule has 0 aliphatic rings. The van der Waals surface area contributed by atoms with Crippen molar-refractivity contribution in [3.05, 3.63) is 41.0 Å². The van der Waals surface area contributed by atoms with Crippen LogP contribution in [0.3, 0.4) is 0 Å². The van der Waals surface area contributed by atoms with Crippen molar-refractivity contribution in [1.29, 1.82) is 0 Å². The van der Waals surface area contributed by atoms with Crippen molar-refractivity contribution in [2.45, 2.75) is 6.43 Å². The van der Waals surface area contributed by atoms with E-state index in [1.54, 1.807) is 18.2 Å². The summed E-state index contributed by atoms with van der Waals surface area (Å²) >= 11 is 5.73. The monoisotopic (exact) mass is 213 g/mol. The highest BCUT2D eigenvalue weighted by molar-refractivity contribution is 6.31. The minimum Gasteiger partial charge on any atom is -0.256 e. The second-order valence-corrected chi connectivity index (χ2v) is 3.34. The van der Waals surface area contributed by atoms with Gasteiger partial charge in [-0.1, -0.05) is 17.7 Å².